The molecule has 0 saturated heterocycles. The second-order valence-corrected chi connectivity index (χ2v) is 4.93. The van der Waals surface area contributed by atoms with E-state index in [9.17, 15) is 5.11 Å². The Kier molecular flexibility index (Phi) is 3.33. The average Bonchev–Trinajstić information content (AvgIpc) is 2.33. The number of rotatable bonds is 2. The van der Waals surface area contributed by atoms with Crippen molar-refractivity contribution < 1.29 is 5.11 Å². The lowest BCUT2D eigenvalue weighted by molar-refractivity contribution is 0.130. The van der Waals surface area contributed by atoms with Crippen LogP contribution in [0.5, 0.6) is 0 Å². The first kappa shape index (κ1) is 9.48. The molecule has 1 heterocycles. The van der Waals surface area contributed by atoms with Crippen molar-refractivity contribution in [2.45, 2.75) is 20.0 Å². The molecule has 0 radical (unpaired) electrons. The first-order valence-corrected chi connectivity index (χ1v) is 5.49. The molecule has 0 aromatic carbocycles. The molecule has 0 aliphatic rings. The molecule has 0 aliphatic carbocycles. The summed E-state index contributed by atoms with van der Waals surface area (Å²) in [5, 5.41) is 11.7. The fourth-order valence-corrected chi connectivity index (χ4v) is 2.89. The van der Waals surface area contributed by atoms with Gasteiger partial charge in [0.25, 0.3) is 0 Å². The number of aliphatic hydroxyl groups is 1. The zero-order valence-corrected chi connectivity index (χ0v) is 9.52. The quantitative estimate of drug-likeness (QED) is 0.827. The van der Waals surface area contributed by atoms with E-state index in [1.165, 1.54) is 3.57 Å². The Bertz CT molecular complexity index is 232. The van der Waals surface area contributed by atoms with Crippen LogP contribution in [-0.4, -0.2) is 5.11 Å². The van der Waals surface area contributed by atoms with Gasteiger partial charge in [-0.15, -0.1) is 11.3 Å². The molecule has 1 unspecified atom stereocenters. The van der Waals surface area contributed by atoms with E-state index in [0.29, 0.717) is 5.92 Å². The van der Waals surface area contributed by atoms with Gasteiger partial charge in [0.05, 0.1) is 6.10 Å². The Labute approximate surface area is 84.6 Å². The summed E-state index contributed by atoms with van der Waals surface area (Å²) in [5.74, 6) is 0.308. The molecule has 0 aliphatic heterocycles. The summed E-state index contributed by atoms with van der Waals surface area (Å²) in [5.41, 5.74) is 0. The van der Waals surface area contributed by atoms with E-state index < -0.39 is 0 Å². The normalized spacial score (nSPS) is 13.9. The number of hydrogen-bond acceptors (Lipinski definition) is 2. The molecule has 1 N–H and O–H groups in total. The highest BCUT2D eigenvalue weighted by Crippen LogP contribution is 2.30. The highest BCUT2D eigenvalue weighted by atomic mass is 127. The Morgan fingerprint density at radius 2 is 2.18 bits per heavy atom. The largest absolute Gasteiger partial charge is 0.387 e. The number of hydrogen-bond donors (Lipinski definition) is 1. The Morgan fingerprint density at radius 1 is 1.55 bits per heavy atom. The molecular weight excluding hydrogens is 271 g/mol. The van der Waals surface area contributed by atoms with E-state index >= 15 is 0 Å². The Morgan fingerprint density at radius 3 is 2.55 bits per heavy atom. The van der Waals surface area contributed by atoms with Crippen LogP contribution in [0.15, 0.2) is 11.4 Å². The van der Waals surface area contributed by atoms with Crippen molar-refractivity contribution in [2.24, 2.45) is 5.92 Å². The number of aliphatic hydroxyl groups excluding tert-OH is 1. The van der Waals surface area contributed by atoms with Gasteiger partial charge in [-0.3, -0.25) is 0 Å². The van der Waals surface area contributed by atoms with Gasteiger partial charge in [0, 0.05) is 8.45 Å². The summed E-state index contributed by atoms with van der Waals surface area (Å²) in [6.07, 6.45) is -0.290. The molecule has 0 spiro atoms. The predicted octanol–water partition coefficient (Wildman–Crippen LogP) is 3.04. The van der Waals surface area contributed by atoms with Crippen molar-refractivity contribution in [1.82, 2.24) is 0 Å². The summed E-state index contributed by atoms with van der Waals surface area (Å²) < 4.78 is 1.17. The lowest BCUT2D eigenvalue weighted by Gasteiger charge is -2.12. The molecule has 1 atom stereocenters. The Hall–Kier alpha value is 0.390. The van der Waals surface area contributed by atoms with Crippen LogP contribution in [0.25, 0.3) is 0 Å². The summed E-state index contributed by atoms with van der Waals surface area (Å²) in [7, 11) is 0. The minimum atomic E-state index is -0.290. The molecule has 1 aromatic heterocycles. The van der Waals surface area contributed by atoms with E-state index in [4.69, 9.17) is 0 Å². The van der Waals surface area contributed by atoms with Gasteiger partial charge in [-0.05, 0) is 40.0 Å². The lowest BCUT2D eigenvalue weighted by atomic mass is 10.1. The van der Waals surface area contributed by atoms with Gasteiger partial charge < -0.3 is 5.11 Å². The van der Waals surface area contributed by atoms with Gasteiger partial charge in [0.15, 0.2) is 0 Å². The number of halogens is 1. The van der Waals surface area contributed by atoms with Crippen LogP contribution >= 0.6 is 33.9 Å². The molecular formula is C8H11IOS. The Balaban J connectivity index is 2.84. The second-order valence-electron chi connectivity index (χ2n) is 2.82. The van der Waals surface area contributed by atoms with Gasteiger partial charge in [-0.25, -0.2) is 0 Å². The molecule has 62 valence electrons. The van der Waals surface area contributed by atoms with Gasteiger partial charge in [0.2, 0.25) is 0 Å². The minimum Gasteiger partial charge on any atom is -0.387 e. The molecule has 3 heteroatoms. The zero-order valence-electron chi connectivity index (χ0n) is 6.54. The van der Waals surface area contributed by atoms with Gasteiger partial charge >= 0.3 is 0 Å². The molecule has 0 bridgehead atoms. The third kappa shape index (κ3) is 2.16. The van der Waals surface area contributed by atoms with Crippen LogP contribution in [0, 0.1) is 9.49 Å². The second kappa shape index (κ2) is 3.87. The smallest absolute Gasteiger partial charge is 0.0915 e. The topological polar surface area (TPSA) is 20.2 Å². The van der Waals surface area contributed by atoms with Crippen LogP contribution in [0.4, 0.5) is 0 Å². The maximum absolute atomic E-state index is 9.67. The molecule has 0 saturated carbocycles. The summed E-state index contributed by atoms with van der Waals surface area (Å²) in [4.78, 5) is 1.10. The predicted molar refractivity (Wildman–Crippen MR) is 56.8 cm³/mol. The van der Waals surface area contributed by atoms with Crippen molar-refractivity contribution in [2.75, 3.05) is 0 Å². The van der Waals surface area contributed by atoms with Crippen LogP contribution in [0.3, 0.4) is 0 Å². The van der Waals surface area contributed by atoms with E-state index in [1.54, 1.807) is 11.3 Å². The fraction of sp³-hybridized carbons (Fsp3) is 0.500. The SMILES string of the molecule is CC(C)C(O)c1sccc1I. The van der Waals surface area contributed by atoms with Gasteiger partial charge in [-0.1, -0.05) is 13.8 Å². The monoisotopic (exact) mass is 282 g/mol. The molecule has 1 aromatic rings. The van der Waals surface area contributed by atoms with Gasteiger partial charge in [-0.2, -0.15) is 0 Å². The zero-order chi connectivity index (χ0) is 8.43. The fourth-order valence-electron chi connectivity index (χ4n) is 0.819. The number of thiophene rings is 1. The standard InChI is InChI=1S/C8H11IOS/c1-5(2)7(10)8-6(9)3-4-11-8/h3-5,7,10H,1-2H3. The summed E-state index contributed by atoms with van der Waals surface area (Å²) in [6, 6.07) is 2.03. The third-order valence-corrected chi connectivity index (χ3v) is 3.84. The minimum absolute atomic E-state index is 0.290. The summed E-state index contributed by atoms with van der Waals surface area (Å²) in [6.45, 7) is 4.06. The van der Waals surface area contributed by atoms with Gasteiger partial charge in [0.1, 0.15) is 0 Å². The average molecular weight is 282 g/mol. The van der Waals surface area contributed by atoms with Crippen molar-refractivity contribution in [3.05, 3.63) is 19.9 Å². The first-order valence-electron chi connectivity index (χ1n) is 3.54. The van der Waals surface area contributed by atoms with Crippen LogP contribution in [-0.2, 0) is 0 Å². The maximum atomic E-state index is 9.67. The maximum Gasteiger partial charge on any atom is 0.0915 e. The first-order chi connectivity index (χ1) is 5.13. The van der Waals surface area contributed by atoms with Crippen molar-refractivity contribution in [3.63, 3.8) is 0 Å². The van der Waals surface area contributed by atoms with E-state index in [-0.39, 0.29) is 6.10 Å². The van der Waals surface area contributed by atoms with Crippen LogP contribution in [0.2, 0.25) is 0 Å². The highest BCUT2D eigenvalue weighted by Gasteiger charge is 2.15. The van der Waals surface area contributed by atoms with Crippen LogP contribution < -0.4 is 0 Å². The third-order valence-electron chi connectivity index (χ3n) is 1.54. The summed E-state index contributed by atoms with van der Waals surface area (Å²) >= 11 is 3.88. The van der Waals surface area contributed by atoms with E-state index in [2.05, 4.69) is 22.6 Å². The molecule has 1 rings (SSSR count). The van der Waals surface area contributed by atoms with Crippen molar-refractivity contribution >= 4 is 33.9 Å². The molecule has 0 amide bonds. The molecule has 11 heavy (non-hydrogen) atoms. The van der Waals surface area contributed by atoms with E-state index in [0.717, 1.165) is 4.88 Å². The molecule has 0 fully saturated rings. The van der Waals surface area contributed by atoms with E-state index in [1.807, 2.05) is 25.3 Å². The lowest BCUT2D eigenvalue weighted by Crippen LogP contribution is -2.04. The molecule has 1 nitrogen and oxygen atoms in total. The van der Waals surface area contributed by atoms with Crippen LogP contribution in [0.1, 0.15) is 24.8 Å². The highest BCUT2D eigenvalue weighted by molar-refractivity contribution is 14.1. The van der Waals surface area contributed by atoms with Crippen molar-refractivity contribution in [1.29, 1.82) is 0 Å². The van der Waals surface area contributed by atoms with Crippen molar-refractivity contribution in [3.8, 4) is 0 Å².